The Labute approximate surface area is 123 Å². The zero-order chi connectivity index (χ0) is 15.3. The monoisotopic (exact) mass is 308 g/mol. The van der Waals surface area contributed by atoms with Crippen LogP contribution in [0.1, 0.15) is 12.0 Å². The molecule has 21 heavy (non-hydrogen) atoms. The number of nitrogen functional groups attached to an aromatic ring is 1. The highest BCUT2D eigenvalue weighted by Crippen LogP contribution is 2.11. The Balaban J connectivity index is 1.86. The number of halogens is 1. The lowest BCUT2D eigenvalue weighted by molar-refractivity contribution is 0.578. The maximum Gasteiger partial charge on any atom is 0.240 e. The quantitative estimate of drug-likeness (QED) is 0.635. The van der Waals surface area contributed by atoms with Gasteiger partial charge in [-0.15, -0.1) is 0 Å². The molecule has 2 aromatic carbocycles. The second-order valence-electron chi connectivity index (χ2n) is 4.70. The molecule has 0 saturated carbocycles. The van der Waals surface area contributed by atoms with E-state index in [9.17, 15) is 12.8 Å². The van der Waals surface area contributed by atoms with E-state index in [2.05, 4.69) is 4.72 Å². The largest absolute Gasteiger partial charge is 0.399 e. The zero-order valence-electron chi connectivity index (χ0n) is 11.4. The van der Waals surface area contributed by atoms with Crippen molar-refractivity contribution in [2.75, 3.05) is 12.3 Å². The van der Waals surface area contributed by atoms with Gasteiger partial charge in [-0.05, 0) is 54.8 Å². The molecule has 0 atom stereocenters. The summed E-state index contributed by atoms with van der Waals surface area (Å²) >= 11 is 0. The number of hydrogen-bond acceptors (Lipinski definition) is 3. The number of anilines is 1. The minimum atomic E-state index is -3.52. The number of nitrogens with one attached hydrogen (secondary N) is 1. The highest BCUT2D eigenvalue weighted by atomic mass is 32.2. The van der Waals surface area contributed by atoms with Crippen LogP contribution in [0.2, 0.25) is 0 Å². The van der Waals surface area contributed by atoms with Crippen LogP contribution in [0.25, 0.3) is 0 Å². The Morgan fingerprint density at radius 3 is 2.48 bits per heavy atom. The van der Waals surface area contributed by atoms with E-state index in [0.29, 0.717) is 25.1 Å². The average molecular weight is 308 g/mol. The predicted octanol–water partition coefficient (Wildman–Crippen LogP) is 2.32. The Morgan fingerprint density at radius 1 is 1.10 bits per heavy atom. The summed E-state index contributed by atoms with van der Waals surface area (Å²) in [6, 6.07) is 12.3. The summed E-state index contributed by atoms with van der Waals surface area (Å²) in [6.45, 7) is 0.295. The van der Waals surface area contributed by atoms with Crippen LogP contribution in [-0.2, 0) is 16.4 Å². The zero-order valence-corrected chi connectivity index (χ0v) is 12.2. The molecule has 0 heterocycles. The first-order valence-corrected chi connectivity index (χ1v) is 8.05. The summed E-state index contributed by atoms with van der Waals surface area (Å²) in [5.41, 5.74) is 6.89. The van der Waals surface area contributed by atoms with E-state index in [1.54, 1.807) is 18.2 Å². The van der Waals surface area contributed by atoms with E-state index in [-0.39, 0.29) is 10.7 Å². The SMILES string of the molecule is Nc1ccc(S(=O)(=O)NCCCc2cccc(F)c2)cc1. The van der Waals surface area contributed by atoms with Gasteiger partial charge in [0.1, 0.15) is 5.82 Å². The first-order chi connectivity index (χ1) is 9.97. The summed E-state index contributed by atoms with van der Waals surface area (Å²) in [6.07, 6.45) is 1.21. The molecule has 112 valence electrons. The van der Waals surface area contributed by atoms with Gasteiger partial charge in [-0.2, -0.15) is 0 Å². The molecule has 0 unspecified atom stereocenters. The van der Waals surface area contributed by atoms with E-state index in [0.717, 1.165) is 5.56 Å². The molecule has 2 rings (SSSR count). The first kappa shape index (κ1) is 15.5. The van der Waals surface area contributed by atoms with Crippen molar-refractivity contribution in [3.63, 3.8) is 0 Å². The second kappa shape index (κ2) is 6.69. The van der Waals surface area contributed by atoms with Crippen molar-refractivity contribution in [2.45, 2.75) is 17.7 Å². The topological polar surface area (TPSA) is 72.2 Å². The lowest BCUT2D eigenvalue weighted by Gasteiger charge is -2.07. The Hall–Kier alpha value is -1.92. The normalized spacial score (nSPS) is 11.5. The third kappa shape index (κ3) is 4.54. The summed E-state index contributed by atoms with van der Waals surface area (Å²) in [5, 5.41) is 0. The number of sulfonamides is 1. The van der Waals surface area contributed by atoms with Crippen LogP contribution >= 0.6 is 0 Å². The van der Waals surface area contributed by atoms with E-state index in [1.807, 2.05) is 6.07 Å². The maximum absolute atomic E-state index is 13.0. The van der Waals surface area contributed by atoms with Crippen LogP contribution in [-0.4, -0.2) is 15.0 Å². The van der Waals surface area contributed by atoms with Gasteiger partial charge in [-0.25, -0.2) is 17.5 Å². The number of rotatable bonds is 6. The molecule has 0 bridgehead atoms. The molecule has 0 aliphatic heterocycles. The summed E-state index contributed by atoms with van der Waals surface area (Å²) in [4.78, 5) is 0.183. The highest BCUT2D eigenvalue weighted by molar-refractivity contribution is 7.89. The molecule has 2 aromatic rings. The van der Waals surface area contributed by atoms with Gasteiger partial charge < -0.3 is 5.73 Å². The van der Waals surface area contributed by atoms with Crippen molar-refractivity contribution in [3.8, 4) is 0 Å². The number of hydrogen-bond donors (Lipinski definition) is 2. The second-order valence-corrected chi connectivity index (χ2v) is 6.47. The smallest absolute Gasteiger partial charge is 0.240 e. The molecule has 0 aliphatic carbocycles. The summed E-state index contributed by atoms with van der Waals surface area (Å²) in [5.74, 6) is -0.282. The number of benzene rings is 2. The molecule has 0 aromatic heterocycles. The molecule has 0 radical (unpaired) electrons. The molecule has 0 amide bonds. The van der Waals surface area contributed by atoms with Gasteiger partial charge in [0.05, 0.1) is 4.90 Å². The van der Waals surface area contributed by atoms with Crippen molar-refractivity contribution < 1.29 is 12.8 Å². The molecular weight excluding hydrogens is 291 g/mol. The van der Waals surface area contributed by atoms with Crippen LogP contribution in [0.5, 0.6) is 0 Å². The summed E-state index contributed by atoms with van der Waals surface area (Å²) in [7, 11) is -3.52. The standard InChI is InChI=1S/C15H17FN2O2S/c16-13-5-1-3-12(11-13)4-2-10-18-21(19,20)15-8-6-14(17)7-9-15/h1,3,5-9,11,18H,2,4,10,17H2. The van der Waals surface area contributed by atoms with Crippen LogP contribution in [0.4, 0.5) is 10.1 Å². The fraction of sp³-hybridized carbons (Fsp3) is 0.200. The van der Waals surface area contributed by atoms with Crippen molar-refractivity contribution >= 4 is 15.7 Å². The van der Waals surface area contributed by atoms with Gasteiger partial charge in [0.15, 0.2) is 0 Å². The molecule has 0 fully saturated rings. The number of nitrogens with two attached hydrogens (primary N) is 1. The average Bonchev–Trinajstić information content (AvgIpc) is 2.44. The van der Waals surface area contributed by atoms with Crippen molar-refractivity contribution in [1.82, 2.24) is 4.72 Å². The number of aryl methyl sites for hydroxylation is 1. The first-order valence-electron chi connectivity index (χ1n) is 6.57. The molecule has 6 heteroatoms. The Bertz CT molecular complexity index is 700. The van der Waals surface area contributed by atoms with E-state index >= 15 is 0 Å². The fourth-order valence-corrected chi connectivity index (χ4v) is 3.00. The lowest BCUT2D eigenvalue weighted by Crippen LogP contribution is -2.25. The van der Waals surface area contributed by atoms with Gasteiger partial charge in [-0.1, -0.05) is 12.1 Å². The minimum absolute atomic E-state index is 0.183. The Morgan fingerprint density at radius 2 is 1.81 bits per heavy atom. The highest BCUT2D eigenvalue weighted by Gasteiger charge is 2.12. The van der Waals surface area contributed by atoms with E-state index < -0.39 is 10.0 Å². The third-order valence-electron chi connectivity index (χ3n) is 3.01. The maximum atomic E-state index is 13.0. The molecule has 0 spiro atoms. The third-order valence-corrected chi connectivity index (χ3v) is 4.49. The van der Waals surface area contributed by atoms with E-state index in [4.69, 9.17) is 5.73 Å². The lowest BCUT2D eigenvalue weighted by atomic mass is 10.1. The van der Waals surface area contributed by atoms with Crippen molar-refractivity contribution in [3.05, 3.63) is 59.9 Å². The van der Waals surface area contributed by atoms with Crippen molar-refractivity contribution in [2.24, 2.45) is 0 Å². The molecular formula is C15H17FN2O2S. The fourth-order valence-electron chi connectivity index (χ4n) is 1.92. The Kier molecular flexibility index (Phi) is 4.93. The minimum Gasteiger partial charge on any atom is -0.399 e. The van der Waals surface area contributed by atoms with Crippen molar-refractivity contribution in [1.29, 1.82) is 0 Å². The molecule has 3 N–H and O–H groups in total. The molecule has 0 saturated heterocycles. The van der Waals surface area contributed by atoms with E-state index in [1.165, 1.54) is 24.3 Å². The van der Waals surface area contributed by atoms with Crippen LogP contribution in [0, 0.1) is 5.82 Å². The summed E-state index contributed by atoms with van der Waals surface area (Å²) < 4.78 is 39.5. The predicted molar refractivity (Wildman–Crippen MR) is 80.8 cm³/mol. The van der Waals surface area contributed by atoms with Gasteiger partial charge >= 0.3 is 0 Å². The van der Waals surface area contributed by atoms with Gasteiger partial charge in [0.2, 0.25) is 10.0 Å². The van der Waals surface area contributed by atoms with Gasteiger partial charge in [0, 0.05) is 12.2 Å². The van der Waals surface area contributed by atoms with Gasteiger partial charge in [-0.3, -0.25) is 0 Å². The van der Waals surface area contributed by atoms with Crippen LogP contribution < -0.4 is 10.5 Å². The van der Waals surface area contributed by atoms with Gasteiger partial charge in [0.25, 0.3) is 0 Å². The molecule has 0 aliphatic rings. The van der Waals surface area contributed by atoms with Crippen LogP contribution in [0.15, 0.2) is 53.4 Å². The molecule has 4 nitrogen and oxygen atoms in total. The van der Waals surface area contributed by atoms with Crippen LogP contribution in [0.3, 0.4) is 0 Å².